The molecule has 0 spiro atoms. The van der Waals surface area contributed by atoms with E-state index in [2.05, 4.69) is 5.32 Å². The summed E-state index contributed by atoms with van der Waals surface area (Å²) >= 11 is 0. The number of carbonyl (C=O) groups is 1. The monoisotopic (exact) mass is 290 g/mol. The Balaban J connectivity index is 1.52. The van der Waals surface area contributed by atoms with Crippen LogP contribution in [-0.4, -0.2) is 31.7 Å². The van der Waals surface area contributed by atoms with Crippen molar-refractivity contribution in [3.63, 3.8) is 0 Å². The summed E-state index contributed by atoms with van der Waals surface area (Å²) in [4.78, 5) is 12.2. The number of rotatable bonds is 4. The molecule has 1 heterocycles. The third-order valence-corrected chi connectivity index (χ3v) is 4.46. The zero-order chi connectivity index (χ0) is 14.7. The summed E-state index contributed by atoms with van der Waals surface area (Å²) in [5, 5.41) is 2.99. The van der Waals surface area contributed by atoms with Crippen LogP contribution in [0.2, 0.25) is 0 Å². The van der Waals surface area contributed by atoms with Crippen molar-refractivity contribution in [3.8, 4) is 11.5 Å². The van der Waals surface area contributed by atoms with E-state index in [0.29, 0.717) is 36.4 Å². The molecular weight excluding hydrogens is 268 g/mol. The van der Waals surface area contributed by atoms with Crippen LogP contribution in [0, 0.1) is 11.8 Å². The molecular formula is C16H22N2O3. The fourth-order valence-corrected chi connectivity index (χ4v) is 3.19. The fourth-order valence-electron chi connectivity index (χ4n) is 3.19. The van der Waals surface area contributed by atoms with Crippen LogP contribution in [0.25, 0.3) is 0 Å². The Bertz CT molecular complexity index is 506. The van der Waals surface area contributed by atoms with Crippen LogP contribution in [0.5, 0.6) is 11.5 Å². The van der Waals surface area contributed by atoms with E-state index >= 15 is 0 Å². The van der Waals surface area contributed by atoms with Crippen LogP contribution in [0.3, 0.4) is 0 Å². The van der Waals surface area contributed by atoms with Gasteiger partial charge in [-0.3, -0.25) is 4.79 Å². The summed E-state index contributed by atoms with van der Waals surface area (Å²) in [5.41, 5.74) is 5.77. The number of amides is 1. The number of benzene rings is 1. The molecule has 3 unspecified atom stereocenters. The van der Waals surface area contributed by atoms with Crippen LogP contribution in [0.4, 0.5) is 0 Å². The topological polar surface area (TPSA) is 73.6 Å². The van der Waals surface area contributed by atoms with Crippen LogP contribution >= 0.6 is 0 Å². The highest BCUT2D eigenvalue weighted by atomic mass is 16.6. The number of nitrogens with two attached hydrogens (primary N) is 1. The van der Waals surface area contributed by atoms with Crippen molar-refractivity contribution >= 4 is 5.91 Å². The van der Waals surface area contributed by atoms with Crippen molar-refractivity contribution in [1.82, 2.24) is 5.32 Å². The van der Waals surface area contributed by atoms with Crippen molar-refractivity contribution in [2.24, 2.45) is 17.6 Å². The van der Waals surface area contributed by atoms with E-state index < -0.39 is 6.10 Å². The number of hydrogen-bond acceptors (Lipinski definition) is 4. The maximum Gasteiger partial charge on any atom is 0.264 e. The Labute approximate surface area is 124 Å². The normalized spacial score (nSPS) is 27.4. The number of fused-ring (bicyclic) bond motifs is 1. The van der Waals surface area contributed by atoms with Crippen molar-refractivity contribution in [3.05, 3.63) is 24.3 Å². The maximum atomic E-state index is 12.2. The maximum absolute atomic E-state index is 12.2. The second kappa shape index (κ2) is 6.35. The molecule has 1 aliphatic heterocycles. The van der Waals surface area contributed by atoms with E-state index in [4.69, 9.17) is 15.2 Å². The van der Waals surface area contributed by atoms with Gasteiger partial charge in [0.15, 0.2) is 11.5 Å². The molecule has 3 rings (SSSR count). The largest absolute Gasteiger partial charge is 0.485 e. The predicted molar refractivity (Wildman–Crippen MR) is 79.2 cm³/mol. The van der Waals surface area contributed by atoms with E-state index in [1.807, 2.05) is 24.3 Å². The molecule has 0 aromatic heterocycles. The Kier molecular flexibility index (Phi) is 4.29. The molecule has 0 saturated heterocycles. The molecule has 1 saturated carbocycles. The Hall–Kier alpha value is -1.75. The first-order chi connectivity index (χ1) is 10.3. The van der Waals surface area contributed by atoms with E-state index in [0.717, 1.165) is 6.42 Å². The van der Waals surface area contributed by atoms with E-state index in [1.165, 1.54) is 12.8 Å². The zero-order valence-corrected chi connectivity index (χ0v) is 12.1. The first-order valence-corrected chi connectivity index (χ1v) is 7.64. The molecule has 5 nitrogen and oxygen atoms in total. The van der Waals surface area contributed by atoms with E-state index in [9.17, 15) is 4.79 Å². The lowest BCUT2D eigenvalue weighted by atomic mass is 9.96. The first-order valence-electron chi connectivity index (χ1n) is 7.64. The van der Waals surface area contributed by atoms with Gasteiger partial charge in [-0.15, -0.1) is 0 Å². The fraction of sp³-hybridized carbons (Fsp3) is 0.562. The van der Waals surface area contributed by atoms with Crippen LogP contribution in [0.1, 0.15) is 19.3 Å². The van der Waals surface area contributed by atoms with Crippen LogP contribution in [0.15, 0.2) is 24.3 Å². The molecule has 1 aromatic carbocycles. The van der Waals surface area contributed by atoms with Gasteiger partial charge in [0.25, 0.3) is 5.91 Å². The Morgan fingerprint density at radius 2 is 2.00 bits per heavy atom. The number of ether oxygens (including phenoxy) is 2. The molecule has 0 radical (unpaired) electrons. The molecule has 1 amide bonds. The number of nitrogens with one attached hydrogen (secondary N) is 1. The summed E-state index contributed by atoms with van der Waals surface area (Å²) in [5.74, 6) is 2.25. The minimum atomic E-state index is -0.572. The lowest BCUT2D eigenvalue weighted by Crippen LogP contribution is -2.45. The van der Waals surface area contributed by atoms with Gasteiger partial charge in [0.2, 0.25) is 6.10 Å². The Morgan fingerprint density at radius 3 is 2.81 bits per heavy atom. The minimum Gasteiger partial charge on any atom is -0.485 e. The average Bonchev–Trinajstić information content (AvgIpc) is 2.99. The van der Waals surface area contributed by atoms with Crippen LogP contribution in [-0.2, 0) is 4.79 Å². The Morgan fingerprint density at radius 1 is 1.24 bits per heavy atom. The van der Waals surface area contributed by atoms with Crippen molar-refractivity contribution in [2.45, 2.75) is 25.4 Å². The molecule has 5 heteroatoms. The van der Waals surface area contributed by atoms with Crippen molar-refractivity contribution < 1.29 is 14.3 Å². The third-order valence-electron chi connectivity index (χ3n) is 4.46. The van der Waals surface area contributed by atoms with Crippen molar-refractivity contribution in [1.29, 1.82) is 0 Å². The number of hydrogen-bond donors (Lipinski definition) is 2. The summed E-state index contributed by atoms with van der Waals surface area (Å²) in [6.45, 7) is 1.65. The molecule has 21 heavy (non-hydrogen) atoms. The minimum absolute atomic E-state index is 0.104. The van der Waals surface area contributed by atoms with E-state index in [-0.39, 0.29) is 12.5 Å². The quantitative estimate of drug-likeness (QED) is 0.877. The van der Waals surface area contributed by atoms with Gasteiger partial charge >= 0.3 is 0 Å². The van der Waals surface area contributed by atoms with Gasteiger partial charge in [-0.25, -0.2) is 0 Å². The summed E-state index contributed by atoms with van der Waals surface area (Å²) < 4.78 is 11.3. The molecule has 1 aromatic rings. The number of para-hydroxylation sites is 2. The lowest BCUT2D eigenvalue weighted by Gasteiger charge is -2.26. The SMILES string of the molecule is NCC1CCCC1CNC(=O)C1COc2ccccc2O1. The van der Waals surface area contributed by atoms with Gasteiger partial charge in [0.05, 0.1) is 0 Å². The second-order valence-corrected chi connectivity index (χ2v) is 5.80. The standard InChI is InChI=1S/C16H22N2O3/c17-8-11-4-3-5-12(11)9-18-16(19)15-10-20-13-6-1-2-7-14(13)21-15/h1-2,6-7,11-12,15H,3-5,8-10,17H2,(H,18,19). The van der Waals surface area contributed by atoms with Gasteiger partial charge in [-0.1, -0.05) is 18.6 Å². The molecule has 3 atom stereocenters. The third kappa shape index (κ3) is 3.13. The molecule has 114 valence electrons. The molecule has 1 fully saturated rings. The van der Waals surface area contributed by atoms with Crippen LogP contribution < -0.4 is 20.5 Å². The average molecular weight is 290 g/mol. The second-order valence-electron chi connectivity index (χ2n) is 5.80. The highest BCUT2D eigenvalue weighted by Gasteiger charge is 2.30. The van der Waals surface area contributed by atoms with Gasteiger partial charge in [0.1, 0.15) is 6.61 Å². The number of carbonyl (C=O) groups excluding carboxylic acids is 1. The summed E-state index contributed by atoms with van der Waals surface area (Å²) in [6.07, 6.45) is 2.96. The summed E-state index contributed by atoms with van der Waals surface area (Å²) in [6, 6.07) is 7.41. The molecule has 1 aliphatic carbocycles. The molecule has 3 N–H and O–H groups in total. The lowest BCUT2D eigenvalue weighted by molar-refractivity contribution is -0.130. The van der Waals surface area contributed by atoms with Gasteiger partial charge in [-0.2, -0.15) is 0 Å². The first kappa shape index (κ1) is 14.2. The zero-order valence-electron chi connectivity index (χ0n) is 12.1. The smallest absolute Gasteiger partial charge is 0.264 e. The summed E-state index contributed by atoms with van der Waals surface area (Å²) in [7, 11) is 0. The van der Waals surface area contributed by atoms with Gasteiger partial charge < -0.3 is 20.5 Å². The van der Waals surface area contributed by atoms with Crippen molar-refractivity contribution in [2.75, 3.05) is 19.7 Å². The highest BCUT2D eigenvalue weighted by Crippen LogP contribution is 2.32. The molecule has 0 bridgehead atoms. The highest BCUT2D eigenvalue weighted by molar-refractivity contribution is 5.81. The predicted octanol–water partition coefficient (Wildman–Crippen LogP) is 1.32. The van der Waals surface area contributed by atoms with E-state index in [1.54, 1.807) is 0 Å². The van der Waals surface area contributed by atoms with Gasteiger partial charge in [-0.05, 0) is 43.4 Å². The molecule has 2 aliphatic rings. The van der Waals surface area contributed by atoms with Gasteiger partial charge in [0, 0.05) is 6.54 Å².